The van der Waals surface area contributed by atoms with Gasteiger partial charge in [0.05, 0.1) is 0 Å². The highest BCUT2D eigenvalue weighted by molar-refractivity contribution is 7.98. The van der Waals surface area contributed by atoms with Crippen molar-refractivity contribution >= 4 is 24.1 Å². The summed E-state index contributed by atoms with van der Waals surface area (Å²) >= 11 is 0.764. The van der Waals surface area contributed by atoms with E-state index in [0.29, 0.717) is 9.20 Å². The molecule has 0 atom stereocenters. The standard InChI is InChI=1S/C8H8N2O3S/c9-7(11)10(8(12)13)14-6-4-2-1-3-5-6/h1-5H,(H2,9,11)(H,12,13). The second-order valence-electron chi connectivity index (χ2n) is 2.32. The van der Waals surface area contributed by atoms with Gasteiger partial charge in [0.2, 0.25) is 0 Å². The quantitative estimate of drug-likeness (QED) is 0.731. The Hall–Kier alpha value is -1.69. The maximum absolute atomic E-state index is 10.7. The first kappa shape index (κ1) is 10.4. The van der Waals surface area contributed by atoms with E-state index in [-0.39, 0.29) is 0 Å². The maximum Gasteiger partial charge on any atom is 0.426 e. The van der Waals surface area contributed by atoms with Crippen LogP contribution in [0.2, 0.25) is 0 Å². The fourth-order valence-corrected chi connectivity index (χ4v) is 1.42. The third kappa shape index (κ3) is 2.67. The summed E-state index contributed by atoms with van der Waals surface area (Å²) in [5, 5.41) is 8.61. The number of urea groups is 1. The Morgan fingerprint density at radius 2 is 1.86 bits per heavy atom. The van der Waals surface area contributed by atoms with Crippen LogP contribution in [0.3, 0.4) is 0 Å². The van der Waals surface area contributed by atoms with Gasteiger partial charge in [0, 0.05) is 16.8 Å². The van der Waals surface area contributed by atoms with Crippen molar-refractivity contribution in [3.8, 4) is 0 Å². The van der Waals surface area contributed by atoms with Crippen LogP contribution in [-0.4, -0.2) is 21.5 Å². The zero-order chi connectivity index (χ0) is 10.6. The predicted molar refractivity (Wildman–Crippen MR) is 51.7 cm³/mol. The molecule has 5 nitrogen and oxygen atoms in total. The predicted octanol–water partition coefficient (Wildman–Crippen LogP) is 1.75. The number of hydrogen-bond donors (Lipinski definition) is 2. The molecule has 0 aliphatic heterocycles. The van der Waals surface area contributed by atoms with Gasteiger partial charge in [-0.3, -0.25) is 0 Å². The van der Waals surface area contributed by atoms with Crippen molar-refractivity contribution in [3.05, 3.63) is 30.3 Å². The van der Waals surface area contributed by atoms with Crippen molar-refractivity contribution < 1.29 is 14.7 Å². The fourth-order valence-electron chi connectivity index (χ4n) is 0.765. The van der Waals surface area contributed by atoms with E-state index in [1.165, 1.54) is 0 Å². The fraction of sp³-hybridized carbons (Fsp3) is 0. The number of hydrogen-bond acceptors (Lipinski definition) is 3. The minimum atomic E-state index is -1.38. The van der Waals surface area contributed by atoms with Gasteiger partial charge >= 0.3 is 12.1 Å². The van der Waals surface area contributed by atoms with Crippen molar-refractivity contribution in [2.45, 2.75) is 4.90 Å². The Kier molecular flexibility index (Phi) is 3.35. The first-order valence-electron chi connectivity index (χ1n) is 3.67. The first-order chi connectivity index (χ1) is 6.61. The van der Waals surface area contributed by atoms with Crippen molar-refractivity contribution in [2.75, 3.05) is 0 Å². The number of rotatable bonds is 2. The van der Waals surface area contributed by atoms with Crippen molar-refractivity contribution in [1.29, 1.82) is 0 Å². The summed E-state index contributed by atoms with van der Waals surface area (Å²) in [6.45, 7) is 0. The molecule has 0 fully saturated rings. The molecule has 0 bridgehead atoms. The Morgan fingerprint density at radius 1 is 1.29 bits per heavy atom. The van der Waals surface area contributed by atoms with Crippen LogP contribution in [0.5, 0.6) is 0 Å². The third-order valence-electron chi connectivity index (χ3n) is 1.31. The van der Waals surface area contributed by atoms with Crippen LogP contribution < -0.4 is 5.73 Å². The molecule has 0 aliphatic carbocycles. The summed E-state index contributed by atoms with van der Waals surface area (Å²) in [5.74, 6) is 0. The number of amides is 3. The highest BCUT2D eigenvalue weighted by Gasteiger charge is 2.18. The molecule has 0 unspecified atom stereocenters. The molecule has 0 saturated heterocycles. The molecule has 0 saturated carbocycles. The summed E-state index contributed by atoms with van der Waals surface area (Å²) in [4.78, 5) is 21.9. The van der Waals surface area contributed by atoms with Crippen LogP contribution in [-0.2, 0) is 0 Å². The van der Waals surface area contributed by atoms with Crippen LogP contribution >= 0.6 is 11.9 Å². The Balaban J connectivity index is 2.75. The topological polar surface area (TPSA) is 83.6 Å². The number of primary amides is 1. The lowest BCUT2D eigenvalue weighted by atomic mass is 10.4. The second kappa shape index (κ2) is 4.52. The number of nitrogens with zero attached hydrogens (tertiary/aromatic N) is 1. The molecular formula is C8H8N2O3S. The van der Waals surface area contributed by atoms with E-state index < -0.39 is 12.1 Å². The number of carbonyl (C=O) groups excluding carboxylic acids is 1. The highest BCUT2D eigenvalue weighted by Crippen LogP contribution is 2.21. The van der Waals surface area contributed by atoms with Gasteiger partial charge in [-0.05, 0) is 12.1 Å². The van der Waals surface area contributed by atoms with Gasteiger partial charge in [-0.2, -0.15) is 4.31 Å². The summed E-state index contributed by atoms with van der Waals surface area (Å²) in [7, 11) is 0. The van der Waals surface area contributed by atoms with Gasteiger partial charge in [0.25, 0.3) is 0 Å². The zero-order valence-electron chi connectivity index (χ0n) is 7.08. The van der Waals surface area contributed by atoms with Gasteiger partial charge in [-0.1, -0.05) is 18.2 Å². The molecule has 3 amide bonds. The van der Waals surface area contributed by atoms with Crippen LogP contribution in [0.15, 0.2) is 35.2 Å². The average molecular weight is 212 g/mol. The molecule has 1 rings (SSSR count). The number of nitrogens with two attached hydrogens (primary N) is 1. The lowest BCUT2D eigenvalue weighted by molar-refractivity contribution is 0.176. The van der Waals surface area contributed by atoms with Crippen LogP contribution in [0.1, 0.15) is 0 Å². The summed E-state index contributed by atoms with van der Waals surface area (Å²) < 4.78 is 0.468. The van der Waals surface area contributed by atoms with E-state index in [0.717, 1.165) is 11.9 Å². The molecule has 0 aromatic heterocycles. The number of carbonyl (C=O) groups is 2. The van der Waals surface area contributed by atoms with Crippen LogP contribution in [0, 0.1) is 0 Å². The van der Waals surface area contributed by atoms with Gasteiger partial charge < -0.3 is 10.8 Å². The Labute approximate surface area is 84.6 Å². The van der Waals surface area contributed by atoms with Gasteiger partial charge in [0.1, 0.15) is 0 Å². The van der Waals surface area contributed by atoms with E-state index in [4.69, 9.17) is 10.8 Å². The van der Waals surface area contributed by atoms with E-state index in [9.17, 15) is 9.59 Å². The smallest absolute Gasteiger partial charge is 0.426 e. The summed E-state index contributed by atoms with van der Waals surface area (Å²) in [6.07, 6.45) is -1.38. The number of imide groups is 1. The van der Waals surface area contributed by atoms with Crippen molar-refractivity contribution in [2.24, 2.45) is 5.73 Å². The van der Waals surface area contributed by atoms with Crippen molar-refractivity contribution in [1.82, 2.24) is 4.31 Å². The third-order valence-corrected chi connectivity index (χ3v) is 2.32. The molecular weight excluding hydrogens is 204 g/mol. The molecule has 0 radical (unpaired) electrons. The highest BCUT2D eigenvalue weighted by atomic mass is 32.2. The normalized spacial score (nSPS) is 9.43. The lowest BCUT2D eigenvalue weighted by Gasteiger charge is -2.12. The second-order valence-corrected chi connectivity index (χ2v) is 3.34. The average Bonchev–Trinajstić information content (AvgIpc) is 2.15. The minimum Gasteiger partial charge on any atom is -0.464 e. The summed E-state index contributed by atoms with van der Waals surface area (Å²) in [5.41, 5.74) is 4.87. The molecule has 1 aromatic carbocycles. The monoisotopic (exact) mass is 212 g/mol. The molecule has 3 N–H and O–H groups in total. The Morgan fingerprint density at radius 3 is 2.29 bits per heavy atom. The molecule has 14 heavy (non-hydrogen) atoms. The molecule has 0 spiro atoms. The zero-order valence-corrected chi connectivity index (χ0v) is 7.90. The number of carboxylic acid groups (broad SMARTS) is 1. The van der Waals surface area contributed by atoms with Crippen LogP contribution in [0.25, 0.3) is 0 Å². The molecule has 6 heteroatoms. The molecule has 0 aliphatic rings. The first-order valence-corrected chi connectivity index (χ1v) is 4.44. The van der Waals surface area contributed by atoms with E-state index in [1.54, 1.807) is 30.3 Å². The van der Waals surface area contributed by atoms with Gasteiger partial charge in [0.15, 0.2) is 0 Å². The minimum absolute atomic E-state index is 0.468. The molecule has 0 heterocycles. The largest absolute Gasteiger partial charge is 0.464 e. The maximum atomic E-state index is 10.7. The van der Waals surface area contributed by atoms with Crippen molar-refractivity contribution in [3.63, 3.8) is 0 Å². The van der Waals surface area contributed by atoms with E-state index in [2.05, 4.69) is 0 Å². The molecule has 74 valence electrons. The van der Waals surface area contributed by atoms with Gasteiger partial charge in [-0.15, -0.1) is 0 Å². The van der Waals surface area contributed by atoms with Gasteiger partial charge in [-0.25, -0.2) is 9.59 Å². The number of benzene rings is 1. The lowest BCUT2D eigenvalue weighted by Crippen LogP contribution is -2.33. The SMILES string of the molecule is NC(=O)N(Sc1ccccc1)C(=O)O. The van der Waals surface area contributed by atoms with E-state index in [1.807, 2.05) is 0 Å². The van der Waals surface area contributed by atoms with Crippen LogP contribution in [0.4, 0.5) is 9.59 Å². The Bertz CT molecular complexity index is 328. The summed E-state index contributed by atoms with van der Waals surface area (Å²) in [6, 6.07) is 7.63. The van der Waals surface area contributed by atoms with E-state index >= 15 is 0 Å². The molecule has 1 aromatic rings.